The van der Waals surface area contributed by atoms with Crippen LogP contribution in [0.4, 0.5) is 10.2 Å². The van der Waals surface area contributed by atoms with Crippen LogP contribution in [0.5, 0.6) is 5.75 Å². The maximum Gasteiger partial charge on any atom is 0.307 e. The minimum Gasteiger partial charge on any atom is -0.491 e. The number of hydrogen-bond acceptors (Lipinski definition) is 6. The van der Waals surface area contributed by atoms with Gasteiger partial charge in [0, 0.05) is 36.0 Å². The van der Waals surface area contributed by atoms with Crippen molar-refractivity contribution in [1.82, 2.24) is 9.38 Å². The van der Waals surface area contributed by atoms with E-state index in [4.69, 9.17) is 19.2 Å². The van der Waals surface area contributed by atoms with Gasteiger partial charge in [-0.1, -0.05) is 18.2 Å². The molecule has 2 aromatic carbocycles. The van der Waals surface area contributed by atoms with Gasteiger partial charge in [-0.15, -0.1) is 0 Å². The third-order valence-electron chi connectivity index (χ3n) is 8.58. The molecular weight excluding hydrogens is 537 g/mol. The first kappa shape index (κ1) is 28.2. The highest BCUT2D eigenvalue weighted by molar-refractivity contribution is 5.79. The van der Waals surface area contributed by atoms with E-state index in [1.807, 2.05) is 44.3 Å². The summed E-state index contributed by atoms with van der Waals surface area (Å²) in [7, 11) is 0. The van der Waals surface area contributed by atoms with Crippen molar-refractivity contribution >= 4 is 17.4 Å². The normalized spacial score (nSPS) is 17.2. The van der Waals surface area contributed by atoms with E-state index in [9.17, 15) is 14.3 Å². The number of fused-ring (bicyclic) bond motifs is 8. The van der Waals surface area contributed by atoms with Crippen molar-refractivity contribution in [3.63, 3.8) is 0 Å². The number of ether oxygens (including phenoxy) is 3. The number of anilines is 1. The van der Waals surface area contributed by atoms with Crippen LogP contribution in [-0.2, 0) is 20.7 Å². The van der Waals surface area contributed by atoms with Crippen molar-refractivity contribution in [2.45, 2.75) is 45.6 Å². The molecule has 3 aliphatic rings. The molecule has 0 amide bonds. The monoisotopic (exact) mass is 573 g/mol. The summed E-state index contributed by atoms with van der Waals surface area (Å²) < 4.78 is 34.6. The SMILES string of the molecule is Cc1c(CC(=O)O)c2n3cc(nc3c1C)-c1cccc(c1)-c1cc(F)ccc1OCCOCCOC1(C)CCN2CC1. The Bertz CT molecular complexity index is 1640. The van der Waals surface area contributed by atoms with Crippen LogP contribution < -0.4 is 9.64 Å². The summed E-state index contributed by atoms with van der Waals surface area (Å²) in [4.78, 5) is 19.3. The summed E-state index contributed by atoms with van der Waals surface area (Å²) in [5.74, 6) is 0.219. The van der Waals surface area contributed by atoms with E-state index in [1.54, 1.807) is 6.07 Å². The second-order valence-corrected chi connectivity index (χ2v) is 11.4. The van der Waals surface area contributed by atoms with Crippen molar-refractivity contribution in [2.75, 3.05) is 44.4 Å². The molecule has 0 unspecified atom stereocenters. The van der Waals surface area contributed by atoms with Crippen molar-refractivity contribution in [2.24, 2.45) is 0 Å². The molecule has 5 heterocycles. The van der Waals surface area contributed by atoms with E-state index >= 15 is 0 Å². The number of hydrogen-bond donors (Lipinski definition) is 1. The Kier molecular flexibility index (Phi) is 7.64. The van der Waals surface area contributed by atoms with Crippen LogP contribution in [0.1, 0.15) is 36.5 Å². The van der Waals surface area contributed by atoms with Crippen LogP contribution in [-0.4, -0.2) is 65.6 Å². The lowest BCUT2D eigenvalue weighted by Gasteiger charge is -2.41. The van der Waals surface area contributed by atoms with E-state index < -0.39 is 5.97 Å². The molecule has 0 radical (unpaired) electrons. The van der Waals surface area contributed by atoms with Gasteiger partial charge in [0.25, 0.3) is 0 Å². The largest absolute Gasteiger partial charge is 0.491 e. The van der Waals surface area contributed by atoms with Gasteiger partial charge in [0.05, 0.1) is 37.5 Å². The highest BCUT2D eigenvalue weighted by atomic mass is 19.1. The van der Waals surface area contributed by atoms with Gasteiger partial charge < -0.3 is 24.2 Å². The maximum atomic E-state index is 14.4. The first-order chi connectivity index (χ1) is 20.2. The standard InChI is InChI=1S/C33H36FN3O5/c1-21-22(2)31-35-28-20-37(31)32(26(21)19-30(38)39)36-11-9-33(3,10-12-36)42-16-14-40-13-15-41-29-8-7-25(34)18-27(29)23-5-4-6-24(28)17-23/h4-8,17-18,20H,9-16,19H2,1-3H3,(H,38,39). The molecule has 9 heteroatoms. The van der Waals surface area contributed by atoms with Crippen molar-refractivity contribution < 1.29 is 28.5 Å². The van der Waals surface area contributed by atoms with E-state index in [1.165, 1.54) is 12.1 Å². The van der Waals surface area contributed by atoms with Gasteiger partial charge in [-0.2, -0.15) is 0 Å². The predicted octanol–water partition coefficient (Wildman–Crippen LogP) is 5.84. The van der Waals surface area contributed by atoms with E-state index in [-0.39, 0.29) is 17.8 Å². The Morgan fingerprint density at radius 2 is 1.79 bits per heavy atom. The van der Waals surface area contributed by atoms with Crippen molar-refractivity contribution in [3.05, 3.63) is 71.2 Å². The molecule has 0 aliphatic carbocycles. The van der Waals surface area contributed by atoms with Gasteiger partial charge >= 0.3 is 5.97 Å². The molecule has 8 nitrogen and oxygen atoms in total. The summed E-state index contributed by atoms with van der Waals surface area (Å²) in [6, 6.07) is 12.3. The molecule has 220 valence electrons. The highest BCUT2D eigenvalue weighted by Gasteiger charge is 2.33. The smallest absolute Gasteiger partial charge is 0.307 e. The number of carbonyl (C=O) groups is 1. The quantitative estimate of drug-likeness (QED) is 0.302. The number of piperidine rings is 1. The molecule has 3 aliphatic heterocycles. The number of aromatic nitrogens is 2. The molecule has 4 aromatic rings. The summed E-state index contributed by atoms with van der Waals surface area (Å²) >= 11 is 0. The van der Waals surface area contributed by atoms with E-state index in [2.05, 4.69) is 16.2 Å². The number of benzene rings is 2. The van der Waals surface area contributed by atoms with Gasteiger partial charge in [-0.3, -0.25) is 9.20 Å². The number of aryl methyl sites for hydroxylation is 1. The number of aliphatic carboxylic acids is 1. The minimum atomic E-state index is -0.870. The lowest BCUT2D eigenvalue weighted by Crippen LogP contribution is -2.45. The first-order valence-corrected chi connectivity index (χ1v) is 14.5. The zero-order valence-electron chi connectivity index (χ0n) is 24.3. The molecule has 6 bridgehead atoms. The minimum absolute atomic E-state index is 0.0785. The maximum absolute atomic E-state index is 14.4. The molecule has 0 spiro atoms. The molecule has 2 aromatic heterocycles. The zero-order chi connectivity index (χ0) is 29.4. The van der Waals surface area contributed by atoms with E-state index in [0.29, 0.717) is 37.7 Å². The van der Waals surface area contributed by atoms with Gasteiger partial charge in [0.1, 0.15) is 29.6 Å². The fourth-order valence-electron chi connectivity index (χ4n) is 6.05. The van der Waals surface area contributed by atoms with Gasteiger partial charge in [0.15, 0.2) is 0 Å². The lowest BCUT2D eigenvalue weighted by atomic mass is 9.92. The number of carboxylic acid groups (broad SMARTS) is 1. The van der Waals surface area contributed by atoms with Gasteiger partial charge in [0.2, 0.25) is 0 Å². The summed E-state index contributed by atoms with van der Waals surface area (Å²) in [6.45, 7) is 9.18. The number of nitrogens with zero attached hydrogens (tertiary/aromatic N) is 3. The van der Waals surface area contributed by atoms with Gasteiger partial charge in [-0.25, -0.2) is 9.37 Å². The summed E-state index contributed by atoms with van der Waals surface area (Å²) in [5.41, 5.74) is 6.24. The Morgan fingerprint density at radius 1 is 1.02 bits per heavy atom. The Balaban J connectivity index is 1.52. The van der Waals surface area contributed by atoms with Crippen LogP contribution in [0, 0.1) is 19.7 Å². The predicted molar refractivity (Wildman–Crippen MR) is 159 cm³/mol. The van der Waals surface area contributed by atoms with Crippen molar-refractivity contribution in [1.29, 1.82) is 0 Å². The fourth-order valence-corrected chi connectivity index (χ4v) is 6.05. The lowest BCUT2D eigenvalue weighted by molar-refractivity contribution is -0.136. The Morgan fingerprint density at radius 3 is 2.57 bits per heavy atom. The molecule has 42 heavy (non-hydrogen) atoms. The van der Waals surface area contributed by atoms with Crippen LogP contribution in [0.25, 0.3) is 28.0 Å². The number of pyridine rings is 1. The third kappa shape index (κ3) is 5.46. The number of carboxylic acids is 1. The third-order valence-corrected chi connectivity index (χ3v) is 8.58. The average Bonchev–Trinajstić information content (AvgIpc) is 3.42. The zero-order valence-corrected chi connectivity index (χ0v) is 24.3. The highest BCUT2D eigenvalue weighted by Crippen LogP contribution is 2.38. The molecule has 1 N–H and O–H groups in total. The van der Waals surface area contributed by atoms with Crippen molar-refractivity contribution in [3.8, 4) is 28.1 Å². The topological polar surface area (TPSA) is 85.5 Å². The van der Waals surface area contributed by atoms with Crippen LogP contribution >= 0.6 is 0 Å². The molecule has 1 saturated heterocycles. The Labute approximate surface area is 244 Å². The molecule has 7 rings (SSSR count). The second-order valence-electron chi connectivity index (χ2n) is 11.4. The number of rotatable bonds is 2. The van der Waals surface area contributed by atoms with Gasteiger partial charge in [-0.05, 0) is 74.6 Å². The first-order valence-electron chi connectivity index (χ1n) is 14.5. The van der Waals surface area contributed by atoms with Crippen LogP contribution in [0.15, 0.2) is 48.7 Å². The summed E-state index contributed by atoms with van der Waals surface area (Å²) in [6.07, 6.45) is 3.51. The molecule has 0 atom stereocenters. The summed E-state index contributed by atoms with van der Waals surface area (Å²) in [5, 5.41) is 9.86. The molecule has 1 fully saturated rings. The number of halogens is 1. The average molecular weight is 574 g/mol. The van der Waals surface area contributed by atoms with Crippen LogP contribution in [0.3, 0.4) is 0 Å². The van der Waals surface area contributed by atoms with E-state index in [0.717, 1.165) is 70.9 Å². The van der Waals surface area contributed by atoms with Crippen LogP contribution in [0.2, 0.25) is 0 Å². The Hall–Kier alpha value is -3.95. The second kappa shape index (κ2) is 11.4. The molecule has 0 saturated carbocycles. The fraction of sp³-hybridized carbons (Fsp3) is 0.394. The molecular formula is C33H36FN3O5. The number of imidazole rings is 1.